The SMILES string of the molecule is CCCOc1c(Br)cc(C(=O)OCC(=O)NCCc2ccccc2)cc1OC. The maximum atomic E-state index is 12.3. The number of benzene rings is 2. The lowest BCUT2D eigenvalue weighted by atomic mass is 10.1. The fourth-order valence-corrected chi connectivity index (χ4v) is 2.99. The van der Waals surface area contributed by atoms with Crippen molar-refractivity contribution in [3.8, 4) is 11.5 Å². The molecule has 6 nitrogen and oxygen atoms in total. The van der Waals surface area contributed by atoms with Crippen molar-refractivity contribution in [2.75, 3.05) is 26.9 Å². The predicted octanol–water partition coefficient (Wildman–Crippen LogP) is 3.76. The van der Waals surface area contributed by atoms with Gasteiger partial charge in [0.05, 0.1) is 23.8 Å². The molecule has 0 aliphatic carbocycles. The average Bonchev–Trinajstić information content (AvgIpc) is 2.71. The van der Waals surface area contributed by atoms with E-state index < -0.39 is 5.97 Å². The molecule has 0 fully saturated rings. The van der Waals surface area contributed by atoms with Gasteiger partial charge in [-0.1, -0.05) is 37.3 Å². The van der Waals surface area contributed by atoms with Gasteiger partial charge in [0.2, 0.25) is 0 Å². The minimum absolute atomic E-state index is 0.268. The first-order valence-corrected chi connectivity index (χ1v) is 9.82. The van der Waals surface area contributed by atoms with Crippen LogP contribution in [-0.4, -0.2) is 38.7 Å². The number of nitrogens with one attached hydrogen (secondary N) is 1. The van der Waals surface area contributed by atoms with Crippen molar-refractivity contribution >= 4 is 27.8 Å². The highest BCUT2D eigenvalue weighted by atomic mass is 79.9. The summed E-state index contributed by atoms with van der Waals surface area (Å²) in [4.78, 5) is 24.2. The van der Waals surface area contributed by atoms with Gasteiger partial charge in [0.15, 0.2) is 18.1 Å². The molecule has 2 aromatic carbocycles. The van der Waals surface area contributed by atoms with Crippen LogP contribution in [0.2, 0.25) is 0 Å². The van der Waals surface area contributed by atoms with Crippen LogP contribution in [0.4, 0.5) is 0 Å². The number of carbonyl (C=O) groups is 2. The molecule has 0 saturated carbocycles. The lowest BCUT2D eigenvalue weighted by molar-refractivity contribution is -0.124. The largest absolute Gasteiger partial charge is 0.493 e. The molecular formula is C21H24BrNO5. The number of ether oxygens (including phenoxy) is 3. The van der Waals surface area contributed by atoms with Crippen LogP contribution in [0.1, 0.15) is 29.3 Å². The van der Waals surface area contributed by atoms with Gasteiger partial charge in [-0.15, -0.1) is 0 Å². The third-order valence-electron chi connectivity index (χ3n) is 3.83. The second kappa shape index (κ2) is 11.3. The zero-order chi connectivity index (χ0) is 20.4. The molecule has 0 unspecified atom stereocenters. The Balaban J connectivity index is 1.86. The van der Waals surface area contributed by atoms with Gasteiger partial charge in [-0.05, 0) is 46.5 Å². The van der Waals surface area contributed by atoms with Gasteiger partial charge >= 0.3 is 5.97 Å². The van der Waals surface area contributed by atoms with Crippen molar-refractivity contribution in [2.45, 2.75) is 19.8 Å². The monoisotopic (exact) mass is 449 g/mol. The van der Waals surface area contributed by atoms with Gasteiger partial charge in [-0.2, -0.15) is 0 Å². The van der Waals surface area contributed by atoms with Crippen LogP contribution in [0, 0.1) is 0 Å². The van der Waals surface area contributed by atoms with E-state index in [1.54, 1.807) is 6.07 Å². The summed E-state index contributed by atoms with van der Waals surface area (Å²) >= 11 is 3.38. The highest BCUT2D eigenvalue weighted by Crippen LogP contribution is 2.36. The molecule has 1 amide bonds. The minimum Gasteiger partial charge on any atom is -0.493 e. The Labute approximate surface area is 173 Å². The number of rotatable bonds is 10. The smallest absolute Gasteiger partial charge is 0.338 e. The number of esters is 1. The highest BCUT2D eigenvalue weighted by Gasteiger charge is 2.17. The van der Waals surface area contributed by atoms with E-state index in [2.05, 4.69) is 21.2 Å². The highest BCUT2D eigenvalue weighted by molar-refractivity contribution is 9.10. The number of carbonyl (C=O) groups excluding carboxylic acids is 2. The number of hydrogen-bond acceptors (Lipinski definition) is 5. The van der Waals surface area contributed by atoms with Crippen molar-refractivity contribution < 1.29 is 23.8 Å². The summed E-state index contributed by atoms with van der Waals surface area (Å²) < 4.78 is 16.6. The van der Waals surface area contributed by atoms with E-state index in [0.717, 1.165) is 12.0 Å². The molecule has 0 atom stereocenters. The van der Waals surface area contributed by atoms with E-state index in [9.17, 15) is 9.59 Å². The topological polar surface area (TPSA) is 73.9 Å². The van der Waals surface area contributed by atoms with Gasteiger partial charge in [0.1, 0.15) is 0 Å². The standard InChI is InChI=1S/C21H24BrNO5/c1-3-11-27-20-17(22)12-16(13-18(20)26-2)21(25)28-14-19(24)23-10-9-15-7-5-4-6-8-15/h4-8,12-13H,3,9-11,14H2,1-2H3,(H,23,24). The van der Waals surface area contributed by atoms with Crippen LogP contribution in [0.25, 0.3) is 0 Å². The van der Waals surface area contributed by atoms with E-state index >= 15 is 0 Å². The maximum absolute atomic E-state index is 12.3. The van der Waals surface area contributed by atoms with Gasteiger partial charge in [0, 0.05) is 6.54 Å². The third-order valence-corrected chi connectivity index (χ3v) is 4.42. The Kier molecular flexibility index (Phi) is 8.81. The molecule has 0 aliphatic rings. The molecule has 0 radical (unpaired) electrons. The van der Waals surface area contributed by atoms with E-state index in [1.807, 2.05) is 37.3 Å². The van der Waals surface area contributed by atoms with Gasteiger partial charge < -0.3 is 19.5 Å². The number of halogens is 1. The fourth-order valence-electron chi connectivity index (χ4n) is 2.44. The summed E-state index contributed by atoms with van der Waals surface area (Å²) in [5, 5.41) is 2.73. The Hall–Kier alpha value is -2.54. The Bertz CT molecular complexity index is 795. The minimum atomic E-state index is -0.612. The summed E-state index contributed by atoms with van der Waals surface area (Å²) in [7, 11) is 1.50. The van der Waals surface area contributed by atoms with Crippen LogP contribution in [0.5, 0.6) is 11.5 Å². The van der Waals surface area contributed by atoms with Crippen LogP contribution in [0.15, 0.2) is 46.9 Å². The van der Waals surface area contributed by atoms with E-state index in [0.29, 0.717) is 35.5 Å². The second-order valence-electron chi connectivity index (χ2n) is 6.00. The molecule has 28 heavy (non-hydrogen) atoms. The zero-order valence-electron chi connectivity index (χ0n) is 16.0. The Morgan fingerprint density at radius 1 is 1.14 bits per heavy atom. The van der Waals surface area contributed by atoms with Crippen molar-refractivity contribution in [3.63, 3.8) is 0 Å². The van der Waals surface area contributed by atoms with Crippen LogP contribution >= 0.6 is 15.9 Å². The maximum Gasteiger partial charge on any atom is 0.338 e. The van der Waals surface area contributed by atoms with Gasteiger partial charge in [-0.25, -0.2) is 4.79 Å². The van der Waals surface area contributed by atoms with Crippen molar-refractivity contribution in [1.82, 2.24) is 5.32 Å². The molecule has 7 heteroatoms. The van der Waals surface area contributed by atoms with E-state index in [4.69, 9.17) is 14.2 Å². The van der Waals surface area contributed by atoms with Crippen LogP contribution in [0.3, 0.4) is 0 Å². The second-order valence-corrected chi connectivity index (χ2v) is 6.85. The first kappa shape index (κ1) is 21.8. The van der Waals surface area contributed by atoms with Crippen LogP contribution in [-0.2, 0) is 16.0 Å². The summed E-state index contributed by atoms with van der Waals surface area (Å²) in [5.74, 6) is -0.0147. The number of methoxy groups -OCH3 is 1. The first-order valence-electron chi connectivity index (χ1n) is 9.03. The normalized spacial score (nSPS) is 10.2. The predicted molar refractivity (Wildman–Crippen MR) is 110 cm³/mol. The lowest BCUT2D eigenvalue weighted by Gasteiger charge is -2.13. The Morgan fingerprint density at radius 3 is 2.57 bits per heavy atom. The lowest BCUT2D eigenvalue weighted by Crippen LogP contribution is -2.30. The summed E-state index contributed by atoms with van der Waals surface area (Å²) in [6, 6.07) is 12.9. The fraction of sp³-hybridized carbons (Fsp3) is 0.333. The van der Waals surface area contributed by atoms with Gasteiger partial charge in [0.25, 0.3) is 5.91 Å². The quantitative estimate of drug-likeness (QED) is 0.558. The molecule has 0 aromatic heterocycles. The molecule has 0 spiro atoms. The average molecular weight is 450 g/mol. The number of hydrogen-bond donors (Lipinski definition) is 1. The zero-order valence-corrected chi connectivity index (χ0v) is 17.6. The molecule has 150 valence electrons. The van der Waals surface area contributed by atoms with E-state index in [1.165, 1.54) is 13.2 Å². The molecule has 0 bridgehead atoms. The first-order chi connectivity index (χ1) is 13.5. The van der Waals surface area contributed by atoms with Crippen LogP contribution < -0.4 is 14.8 Å². The summed E-state index contributed by atoms with van der Waals surface area (Å²) in [5.41, 5.74) is 1.40. The van der Waals surface area contributed by atoms with Gasteiger partial charge in [-0.3, -0.25) is 4.79 Å². The van der Waals surface area contributed by atoms with Crippen molar-refractivity contribution in [3.05, 3.63) is 58.1 Å². The summed E-state index contributed by atoms with van der Waals surface area (Å²) in [6.45, 7) is 2.66. The van der Waals surface area contributed by atoms with Crippen molar-refractivity contribution in [2.24, 2.45) is 0 Å². The molecule has 0 heterocycles. The molecule has 0 saturated heterocycles. The Morgan fingerprint density at radius 2 is 1.89 bits per heavy atom. The summed E-state index contributed by atoms with van der Waals surface area (Å²) in [6.07, 6.45) is 1.56. The molecular weight excluding hydrogens is 426 g/mol. The number of amides is 1. The molecule has 1 N–H and O–H groups in total. The third kappa shape index (κ3) is 6.56. The molecule has 2 aromatic rings. The van der Waals surface area contributed by atoms with Crippen molar-refractivity contribution in [1.29, 1.82) is 0 Å². The molecule has 0 aliphatic heterocycles. The van der Waals surface area contributed by atoms with E-state index in [-0.39, 0.29) is 18.1 Å². The molecule has 2 rings (SSSR count).